The number of hydrazone groups is 1. The second-order valence-corrected chi connectivity index (χ2v) is 7.79. The van der Waals surface area contributed by atoms with E-state index in [9.17, 15) is 4.79 Å². The molecule has 1 aliphatic carbocycles. The maximum atomic E-state index is 12.3. The van der Waals surface area contributed by atoms with Crippen molar-refractivity contribution in [1.29, 1.82) is 0 Å². The van der Waals surface area contributed by atoms with Crippen molar-refractivity contribution in [2.24, 2.45) is 11.0 Å². The van der Waals surface area contributed by atoms with Gasteiger partial charge in [0.15, 0.2) is 0 Å². The van der Waals surface area contributed by atoms with E-state index in [-0.39, 0.29) is 5.91 Å². The molecule has 3 nitrogen and oxygen atoms in total. The van der Waals surface area contributed by atoms with Gasteiger partial charge in [-0.05, 0) is 42.9 Å². The van der Waals surface area contributed by atoms with Gasteiger partial charge in [0.2, 0.25) is 0 Å². The average molecular weight is 391 g/mol. The number of hydrogen-bond donors (Lipinski definition) is 1. The van der Waals surface area contributed by atoms with Crippen molar-refractivity contribution in [2.75, 3.05) is 0 Å². The first kappa shape index (κ1) is 16.4. The van der Waals surface area contributed by atoms with Gasteiger partial charge in [-0.1, -0.05) is 47.5 Å². The molecule has 0 saturated heterocycles. The van der Waals surface area contributed by atoms with E-state index in [0.29, 0.717) is 0 Å². The fraction of sp³-hybridized carbons (Fsp3) is 0.333. The van der Waals surface area contributed by atoms with Crippen molar-refractivity contribution in [3.63, 3.8) is 0 Å². The van der Waals surface area contributed by atoms with E-state index in [1.807, 2.05) is 30.3 Å². The van der Waals surface area contributed by atoms with E-state index >= 15 is 0 Å². The number of nitrogens with one attached hydrogen (secondary N) is 1. The van der Waals surface area contributed by atoms with Crippen LogP contribution in [0.15, 0.2) is 39.9 Å². The fourth-order valence-electron chi connectivity index (χ4n) is 2.85. The number of hydrogen-bond acceptors (Lipinski definition) is 3. The van der Waals surface area contributed by atoms with Crippen LogP contribution in [0.3, 0.4) is 0 Å². The molecule has 23 heavy (non-hydrogen) atoms. The Hall–Kier alpha value is -1.46. The number of rotatable bonds is 4. The molecule has 1 amide bonds. The second-order valence-electron chi connectivity index (χ2n) is 5.80. The summed E-state index contributed by atoms with van der Waals surface area (Å²) in [5.74, 6) is 0.641. The van der Waals surface area contributed by atoms with Crippen LogP contribution < -0.4 is 5.43 Å². The van der Waals surface area contributed by atoms with E-state index < -0.39 is 0 Å². The number of thiophene rings is 1. The van der Waals surface area contributed by atoms with E-state index in [4.69, 9.17) is 0 Å². The van der Waals surface area contributed by atoms with Gasteiger partial charge in [-0.2, -0.15) is 5.10 Å². The molecule has 2 aromatic rings. The Morgan fingerprint density at radius 2 is 2.30 bits per heavy atom. The number of carbonyl (C=O) groups is 1. The number of halogens is 1. The van der Waals surface area contributed by atoms with Gasteiger partial charge in [-0.3, -0.25) is 4.79 Å². The molecular formula is C18H19BrN2OS. The number of benzene rings is 1. The Labute approximate surface area is 148 Å². The molecule has 1 aromatic heterocycles. The lowest BCUT2D eigenvalue weighted by Gasteiger charge is -2.19. The lowest BCUT2D eigenvalue weighted by Crippen LogP contribution is -2.16. The molecule has 5 heteroatoms. The van der Waals surface area contributed by atoms with Crippen LogP contribution >= 0.6 is 27.3 Å². The third-order valence-corrected chi connectivity index (χ3v) is 6.22. The van der Waals surface area contributed by atoms with Crippen molar-refractivity contribution in [1.82, 2.24) is 5.43 Å². The first-order valence-electron chi connectivity index (χ1n) is 7.87. The number of fused-ring (bicyclic) bond motifs is 1. The molecule has 1 aromatic carbocycles. The summed E-state index contributed by atoms with van der Waals surface area (Å²) in [5, 5.41) is 4.07. The van der Waals surface area contributed by atoms with Crippen LogP contribution in [0.2, 0.25) is 0 Å². The summed E-state index contributed by atoms with van der Waals surface area (Å²) in [5.41, 5.74) is 4.92. The fourth-order valence-corrected chi connectivity index (χ4v) is 4.34. The summed E-state index contributed by atoms with van der Waals surface area (Å²) in [6.07, 6.45) is 6.32. The monoisotopic (exact) mass is 390 g/mol. The summed E-state index contributed by atoms with van der Waals surface area (Å²) >= 11 is 5.07. The predicted octanol–water partition coefficient (Wildman–Crippen LogP) is 4.79. The summed E-state index contributed by atoms with van der Waals surface area (Å²) in [6, 6.07) is 9.81. The second kappa shape index (κ2) is 7.41. The molecule has 1 atom stereocenters. The molecule has 0 aliphatic heterocycles. The summed E-state index contributed by atoms with van der Waals surface area (Å²) in [7, 11) is 0. The van der Waals surface area contributed by atoms with E-state index in [0.717, 1.165) is 33.7 Å². The third-order valence-electron chi connectivity index (χ3n) is 4.26. The standard InChI is InChI=1S/C18H19BrN2OS/c1-2-12-7-8-16-14(9-12)10-17(23-16)18(22)21-20-11-13-5-3-4-6-15(13)19/h3-6,10-12H,2,7-9H2,1H3,(H,21,22)/b20-11-/t12-/m0/s1. The summed E-state index contributed by atoms with van der Waals surface area (Å²) < 4.78 is 0.954. The first-order chi connectivity index (χ1) is 11.2. The minimum absolute atomic E-state index is 0.124. The van der Waals surface area contributed by atoms with Gasteiger partial charge >= 0.3 is 0 Å². The Balaban J connectivity index is 1.65. The minimum atomic E-state index is -0.124. The maximum Gasteiger partial charge on any atom is 0.281 e. The maximum absolute atomic E-state index is 12.3. The van der Waals surface area contributed by atoms with Crippen LogP contribution in [0.5, 0.6) is 0 Å². The molecule has 1 N–H and O–H groups in total. The van der Waals surface area contributed by atoms with Gasteiger partial charge in [-0.25, -0.2) is 5.43 Å². The topological polar surface area (TPSA) is 41.5 Å². The first-order valence-corrected chi connectivity index (χ1v) is 9.47. The number of nitrogens with zero attached hydrogens (tertiary/aromatic N) is 1. The van der Waals surface area contributed by atoms with Gasteiger partial charge < -0.3 is 0 Å². The highest BCUT2D eigenvalue weighted by molar-refractivity contribution is 9.10. The largest absolute Gasteiger partial charge is 0.281 e. The molecule has 1 aliphatic rings. The molecule has 0 unspecified atom stereocenters. The molecule has 0 saturated carbocycles. The molecular weight excluding hydrogens is 372 g/mol. The van der Waals surface area contributed by atoms with Crippen LogP contribution in [0.1, 0.15) is 45.4 Å². The SMILES string of the molecule is CC[C@H]1CCc2sc(C(=O)N/N=C\c3ccccc3Br)cc2C1. The molecule has 0 bridgehead atoms. The lowest BCUT2D eigenvalue weighted by molar-refractivity contribution is 0.0959. The van der Waals surface area contributed by atoms with Crippen LogP contribution in [0.25, 0.3) is 0 Å². The minimum Gasteiger partial charge on any atom is -0.266 e. The van der Waals surface area contributed by atoms with Crippen LogP contribution in [-0.2, 0) is 12.8 Å². The molecule has 0 spiro atoms. The Morgan fingerprint density at radius 3 is 3.09 bits per heavy atom. The van der Waals surface area contributed by atoms with Crippen molar-refractivity contribution < 1.29 is 4.79 Å². The van der Waals surface area contributed by atoms with E-state index in [1.54, 1.807) is 17.6 Å². The zero-order chi connectivity index (χ0) is 16.2. The normalized spacial score (nSPS) is 17.2. The number of aryl methyl sites for hydroxylation is 1. The summed E-state index contributed by atoms with van der Waals surface area (Å²) in [4.78, 5) is 14.4. The van der Waals surface area contributed by atoms with E-state index in [1.165, 1.54) is 23.3 Å². The molecule has 3 rings (SSSR count). The van der Waals surface area contributed by atoms with Crippen LogP contribution in [0, 0.1) is 5.92 Å². The van der Waals surface area contributed by atoms with Crippen LogP contribution in [0.4, 0.5) is 0 Å². The van der Waals surface area contributed by atoms with Gasteiger partial charge in [0, 0.05) is 14.9 Å². The number of amides is 1. The van der Waals surface area contributed by atoms with Gasteiger partial charge in [-0.15, -0.1) is 11.3 Å². The Bertz CT molecular complexity index is 738. The molecule has 0 radical (unpaired) electrons. The zero-order valence-electron chi connectivity index (χ0n) is 13.0. The smallest absolute Gasteiger partial charge is 0.266 e. The molecule has 0 fully saturated rings. The van der Waals surface area contributed by atoms with Gasteiger partial charge in [0.05, 0.1) is 11.1 Å². The highest BCUT2D eigenvalue weighted by Crippen LogP contribution is 2.33. The predicted molar refractivity (Wildman–Crippen MR) is 99.3 cm³/mol. The highest BCUT2D eigenvalue weighted by Gasteiger charge is 2.21. The van der Waals surface area contributed by atoms with Crippen molar-refractivity contribution >= 4 is 39.4 Å². The average Bonchev–Trinajstić information content (AvgIpc) is 2.99. The van der Waals surface area contributed by atoms with Crippen molar-refractivity contribution in [2.45, 2.75) is 32.6 Å². The Morgan fingerprint density at radius 1 is 1.48 bits per heavy atom. The molecule has 1 heterocycles. The van der Waals surface area contributed by atoms with Crippen LogP contribution in [-0.4, -0.2) is 12.1 Å². The van der Waals surface area contributed by atoms with Crippen molar-refractivity contribution in [3.8, 4) is 0 Å². The number of carbonyl (C=O) groups excluding carboxylic acids is 1. The quantitative estimate of drug-likeness (QED) is 0.591. The van der Waals surface area contributed by atoms with Gasteiger partial charge in [0.25, 0.3) is 5.91 Å². The summed E-state index contributed by atoms with van der Waals surface area (Å²) in [6.45, 7) is 2.24. The highest BCUT2D eigenvalue weighted by atomic mass is 79.9. The third kappa shape index (κ3) is 3.90. The zero-order valence-corrected chi connectivity index (χ0v) is 15.4. The Kier molecular flexibility index (Phi) is 5.28. The van der Waals surface area contributed by atoms with Crippen molar-refractivity contribution in [3.05, 3.63) is 55.7 Å². The molecule has 120 valence electrons. The van der Waals surface area contributed by atoms with E-state index in [2.05, 4.69) is 33.4 Å². The van der Waals surface area contributed by atoms with Gasteiger partial charge in [0.1, 0.15) is 0 Å². The lowest BCUT2D eigenvalue weighted by atomic mass is 9.87.